The van der Waals surface area contributed by atoms with Crippen LogP contribution in [0.5, 0.6) is 0 Å². The van der Waals surface area contributed by atoms with Gasteiger partial charge in [0.15, 0.2) is 5.82 Å². The first kappa shape index (κ1) is 12.6. The summed E-state index contributed by atoms with van der Waals surface area (Å²) in [5.74, 6) is 0.840. The van der Waals surface area contributed by atoms with Crippen molar-refractivity contribution in [2.24, 2.45) is 0 Å². The van der Waals surface area contributed by atoms with Crippen LogP contribution in [0.1, 0.15) is 26.3 Å². The molecule has 1 aromatic rings. The number of pyridine rings is 1. The summed E-state index contributed by atoms with van der Waals surface area (Å²) in [6.45, 7) is 12.9. The van der Waals surface area contributed by atoms with Crippen molar-refractivity contribution in [2.45, 2.75) is 33.2 Å². The summed E-state index contributed by atoms with van der Waals surface area (Å²) in [6.07, 6.45) is 3.66. The van der Waals surface area contributed by atoms with Crippen molar-refractivity contribution in [2.75, 3.05) is 17.2 Å². The largest absolute Gasteiger partial charge is 0.396 e. The molecule has 0 aliphatic carbocycles. The Bertz CT molecular complexity index is 377. The lowest BCUT2D eigenvalue weighted by Gasteiger charge is -2.36. The van der Waals surface area contributed by atoms with E-state index in [1.165, 1.54) is 0 Å². The molecule has 0 saturated heterocycles. The molecule has 0 spiro atoms. The molecular formula is C13H21N3. The second kappa shape index (κ2) is 4.56. The Balaban J connectivity index is 3.21. The molecule has 16 heavy (non-hydrogen) atoms. The summed E-state index contributed by atoms with van der Waals surface area (Å²) in [6, 6.07) is 1.92. The predicted molar refractivity (Wildman–Crippen MR) is 70.7 cm³/mol. The molecule has 1 aromatic heterocycles. The second-order valence-corrected chi connectivity index (χ2v) is 4.94. The van der Waals surface area contributed by atoms with Crippen LogP contribution in [-0.2, 0) is 0 Å². The molecule has 0 atom stereocenters. The van der Waals surface area contributed by atoms with Crippen molar-refractivity contribution in [1.29, 1.82) is 0 Å². The third-order valence-electron chi connectivity index (χ3n) is 2.56. The monoisotopic (exact) mass is 219 g/mol. The number of hydrogen-bond acceptors (Lipinski definition) is 3. The van der Waals surface area contributed by atoms with Crippen molar-refractivity contribution in [1.82, 2.24) is 4.98 Å². The molecule has 1 rings (SSSR count). The molecule has 0 aliphatic heterocycles. The number of nitrogens with zero attached hydrogens (tertiary/aromatic N) is 2. The highest BCUT2D eigenvalue weighted by molar-refractivity contribution is 5.67. The topological polar surface area (TPSA) is 42.2 Å². The molecule has 0 aliphatic rings. The third-order valence-corrected chi connectivity index (χ3v) is 2.56. The van der Waals surface area contributed by atoms with Crippen LogP contribution in [0, 0.1) is 6.92 Å². The molecule has 3 heteroatoms. The average molecular weight is 219 g/mol. The van der Waals surface area contributed by atoms with Crippen molar-refractivity contribution < 1.29 is 0 Å². The van der Waals surface area contributed by atoms with Gasteiger partial charge in [0.2, 0.25) is 0 Å². The molecule has 0 radical (unpaired) electrons. The first-order valence-corrected chi connectivity index (χ1v) is 5.47. The van der Waals surface area contributed by atoms with Gasteiger partial charge in [0, 0.05) is 18.3 Å². The second-order valence-electron chi connectivity index (χ2n) is 4.94. The fourth-order valence-electron chi connectivity index (χ4n) is 1.58. The Kier molecular flexibility index (Phi) is 3.58. The molecule has 88 valence electrons. The van der Waals surface area contributed by atoms with E-state index >= 15 is 0 Å². The maximum atomic E-state index is 6.07. The number of aromatic nitrogens is 1. The highest BCUT2D eigenvalue weighted by atomic mass is 15.2. The first-order valence-electron chi connectivity index (χ1n) is 5.47. The van der Waals surface area contributed by atoms with Crippen molar-refractivity contribution in [3.05, 3.63) is 30.5 Å². The van der Waals surface area contributed by atoms with E-state index in [1.54, 1.807) is 6.20 Å². The van der Waals surface area contributed by atoms with Crippen LogP contribution >= 0.6 is 0 Å². The number of nitrogen functional groups attached to an aromatic ring is 1. The highest BCUT2D eigenvalue weighted by Crippen LogP contribution is 2.28. The zero-order chi connectivity index (χ0) is 12.3. The van der Waals surface area contributed by atoms with E-state index < -0.39 is 0 Å². The molecule has 0 aromatic carbocycles. The molecule has 0 saturated carbocycles. The van der Waals surface area contributed by atoms with Crippen molar-refractivity contribution in [3.8, 4) is 0 Å². The lowest BCUT2D eigenvalue weighted by molar-refractivity contribution is 0.518. The standard InChI is InChI=1S/C13H21N3/c1-6-9-16(13(3,4)5)12-11(14)10(2)7-8-15-12/h6-8H,1,9,14H2,2-5H3. The Morgan fingerprint density at radius 1 is 1.50 bits per heavy atom. The van der Waals surface area contributed by atoms with Gasteiger partial charge in [-0.3, -0.25) is 0 Å². The normalized spacial score (nSPS) is 11.2. The summed E-state index contributed by atoms with van der Waals surface area (Å²) in [5, 5.41) is 0. The van der Waals surface area contributed by atoms with E-state index in [0.29, 0.717) is 0 Å². The Hall–Kier alpha value is -1.51. The summed E-state index contributed by atoms with van der Waals surface area (Å²) in [4.78, 5) is 6.53. The van der Waals surface area contributed by atoms with Crippen LogP contribution in [0.4, 0.5) is 11.5 Å². The van der Waals surface area contributed by atoms with Gasteiger partial charge in [0.1, 0.15) is 0 Å². The quantitative estimate of drug-likeness (QED) is 0.795. The Morgan fingerprint density at radius 3 is 2.62 bits per heavy atom. The lowest BCUT2D eigenvalue weighted by atomic mass is 10.1. The van der Waals surface area contributed by atoms with Gasteiger partial charge < -0.3 is 10.6 Å². The molecule has 0 unspecified atom stereocenters. The number of anilines is 2. The SMILES string of the molecule is C=CCN(c1nccc(C)c1N)C(C)(C)C. The average Bonchev–Trinajstić information content (AvgIpc) is 2.18. The first-order chi connectivity index (χ1) is 7.38. The van der Waals surface area contributed by atoms with Crippen LogP contribution in [0.15, 0.2) is 24.9 Å². The summed E-state index contributed by atoms with van der Waals surface area (Å²) < 4.78 is 0. The van der Waals surface area contributed by atoms with Gasteiger partial charge in [-0.05, 0) is 39.3 Å². The predicted octanol–water partition coefficient (Wildman–Crippen LogP) is 2.76. The van der Waals surface area contributed by atoms with Gasteiger partial charge >= 0.3 is 0 Å². The lowest BCUT2D eigenvalue weighted by Crippen LogP contribution is -2.42. The van der Waals surface area contributed by atoms with E-state index in [1.807, 2.05) is 19.1 Å². The van der Waals surface area contributed by atoms with Gasteiger partial charge in [0.25, 0.3) is 0 Å². The van der Waals surface area contributed by atoms with Crippen molar-refractivity contribution >= 4 is 11.5 Å². The molecule has 1 heterocycles. The maximum Gasteiger partial charge on any atom is 0.152 e. The molecule has 0 amide bonds. The summed E-state index contributed by atoms with van der Waals surface area (Å²) in [7, 11) is 0. The number of rotatable bonds is 3. The van der Waals surface area contributed by atoms with Crippen LogP contribution in [-0.4, -0.2) is 17.1 Å². The zero-order valence-electron chi connectivity index (χ0n) is 10.6. The molecular weight excluding hydrogens is 198 g/mol. The minimum absolute atomic E-state index is 0.0247. The fourth-order valence-corrected chi connectivity index (χ4v) is 1.58. The van der Waals surface area contributed by atoms with E-state index in [-0.39, 0.29) is 5.54 Å². The van der Waals surface area contributed by atoms with Gasteiger partial charge in [-0.1, -0.05) is 6.08 Å². The van der Waals surface area contributed by atoms with Crippen LogP contribution in [0.25, 0.3) is 0 Å². The van der Waals surface area contributed by atoms with Gasteiger partial charge in [-0.15, -0.1) is 6.58 Å². The van der Waals surface area contributed by atoms with Gasteiger partial charge in [-0.25, -0.2) is 4.98 Å². The van der Waals surface area contributed by atoms with E-state index in [9.17, 15) is 0 Å². The number of hydrogen-bond donors (Lipinski definition) is 1. The maximum absolute atomic E-state index is 6.07. The van der Waals surface area contributed by atoms with Crippen LogP contribution in [0.3, 0.4) is 0 Å². The number of nitrogens with two attached hydrogens (primary N) is 1. The van der Waals surface area contributed by atoms with Gasteiger partial charge in [-0.2, -0.15) is 0 Å². The van der Waals surface area contributed by atoms with Gasteiger partial charge in [0.05, 0.1) is 5.69 Å². The van der Waals surface area contributed by atoms with Crippen LogP contribution in [0.2, 0.25) is 0 Å². The van der Waals surface area contributed by atoms with Crippen molar-refractivity contribution in [3.63, 3.8) is 0 Å². The van der Waals surface area contributed by atoms with E-state index in [4.69, 9.17) is 5.73 Å². The Morgan fingerprint density at radius 2 is 2.12 bits per heavy atom. The summed E-state index contributed by atoms with van der Waals surface area (Å²) in [5.41, 5.74) is 7.86. The minimum Gasteiger partial charge on any atom is -0.396 e. The highest BCUT2D eigenvalue weighted by Gasteiger charge is 2.23. The third kappa shape index (κ3) is 2.54. The molecule has 0 bridgehead atoms. The smallest absolute Gasteiger partial charge is 0.152 e. The summed E-state index contributed by atoms with van der Waals surface area (Å²) >= 11 is 0. The van der Waals surface area contributed by atoms with E-state index in [2.05, 4.69) is 37.2 Å². The van der Waals surface area contributed by atoms with Crippen LogP contribution < -0.4 is 10.6 Å². The fraction of sp³-hybridized carbons (Fsp3) is 0.462. The van der Waals surface area contributed by atoms with E-state index in [0.717, 1.165) is 23.6 Å². The number of aryl methyl sites for hydroxylation is 1. The molecule has 3 nitrogen and oxygen atoms in total. The Labute approximate surface area is 98.0 Å². The zero-order valence-corrected chi connectivity index (χ0v) is 10.6. The molecule has 2 N–H and O–H groups in total. The molecule has 0 fully saturated rings. The minimum atomic E-state index is -0.0247.